The lowest BCUT2D eigenvalue weighted by Gasteiger charge is -2.25. The molecule has 0 aliphatic heterocycles. The summed E-state index contributed by atoms with van der Waals surface area (Å²) in [6.07, 6.45) is 2.27. The fraction of sp³-hybridized carbons (Fsp3) is 0.690. The molecule has 2 unspecified atom stereocenters. The van der Waals surface area contributed by atoms with E-state index in [0.717, 1.165) is 29.7 Å². The van der Waals surface area contributed by atoms with Crippen LogP contribution in [0.1, 0.15) is 93.2 Å². The molecule has 8 nitrogen and oxygen atoms in total. The summed E-state index contributed by atoms with van der Waals surface area (Å²) in [6, 6.07) is 5.01. The van der Waals surface area contributed by atoms with Crippen LogP contribution in [0.2, 0.25) is 0 Å². The Bertz CT molecular complexity index is 829. The van der Waals surface area contributed by atoms with Gasteiger partial charge in [-0.05, 0) is 78.4 Å². The molecule has 0 heterocycles. The van der Waals surface area contributed by atoms with Gasteiger partial charge in [0.2, 0.25) is 5.91 Å². The third kappa shape index (κ3) is 14.5. The zero-order valence-corrected chi connectivity index (χ0v) is 22.9. The number of aliphatic imine (C=N–C) groups is 1. The molecule has 3 atom stereocenters. The van der Waals surface area contributed by atoms with Gasteiger partial charge in [0, 0.05) is 12.5 Å². The minimum atomic E-state index is -0.719. The van der Waals surface area contributed by atoms with Gasteiger partial charge in [0.05, 0.1) is 11.9 Å². The van der Waals surface area contributed by atoms with Gasteiger partial charge in [-0.15, -0.1) is 0 Å². The van der Waals surface area contributed by atoms with Crippen molar-refractivity contribution in [2.45, 2.75) is 114 Å². The molecule has 0 aliphatic rings. The van der Waals surface area contributed by atoms with Gasteiger partial charge in [0.15, 0.2) is 0 Å². The van der Waals surface area contributed by atoms with Crippen molar-refractivity contribution in [2.75, 3.05) is 13.2 Å². The maximum absolute atomic E-state index is 13.0. The summed E-state index contributed by atoms with van der Waals surface area (Å²) < 4.78 is 11.3. The Morgan fingerprint density at radius 2 is 1.65 bits per heavy atom. The molecule has 1 aromatic rings. The number of nitrogens with two attached hydrogens (primary N) is 1. The van der Waals surface area contributed by atoms with Crippen LogP contribution in [0.15, 0.2) is 23.2 Å². The Morgan fingerprint density at radius 1 is 1.05 bits per heavy atom. The molecule has 0 fully saturated rings. The van der Waals surface area contributed by atoms with Gasteiger partial charge < -0.3 is 25.8 Å². The number of ether oxygens (including phenoxy) is 2. The first kappa shape index (κ1) is 36.4. The molecule has 0 aliphatic carbocycles. The SMILES string of the molecule is C.C.CC[C@@H](C)C(N)=NCCCCC(NC(=O)OC(C)(C)C)C(=O)NC(C)COc1c(C)cccc1C. The Kier molecular flexibility index (Phi) is 17.4. The number of alkyl carbamates (subject to hydrolysis) is 1. The van der Waals surface area contributed by atoms with Crippen LogP contribution in [-0.4, -0.2) is 48.7 Å². The van der Waals surface area contributed by atoms with Crippen molar-refractivity contribution in [1.82, 2.24) is 10.6 Å². The average Bonchev–Trinajstić information content (AvgIpc) is 2.75. The lowest BCUT2D eigenvalue weighted by Crippen LogP contribution is -2.51. The van der Waals surface area contributed by atoms with E-state index in [4.69, 9.17) is 15.2 Å². The van der Waals surface area contributed by atoms with Crippen LogP contribution in [0.3, 0.4) is 0 Å². The van der Waals surface area contributed by atoms with Crippen LogP contribution in [0, 0.1) is 19.8 Å². The molecule has 1 aromatic carbocycles. The number of rotatable bonds is 13. The average molecular weight is 523 g/mol. The third-order valence-corrected chi connectivity index (χ3v) is 5.60. The topological polar surface area (TPSA) is 115 Å². The number of hydrogen-bond acceptors (Lipinski definition) is 5. The van der Waals surface area contributed by atoms with Crippen LogP contribution in [0.25, 0.3) is 0 Å². The lowest BCUT2D eigenvalue weighted by molar-refractivity contribution is -0.124. The molecule has 0 saturated heterocycles. The summed E-state index contributed by atoms with van der Waals surface area (Å²) in [7, 11) is 0. The van der Waals surface area contributed by atoms with Crippen LogP contribution >= 0.6 is 0 Å². The molecular formula is C29H54N4O4. The van der Waals surface area contributed by atoms with Crippen LogP contribution in [0.4, 0.5) is 4.79 Å². The van der Waals surface area contributed by atoms with E-state index in [0.29, 0.717) is 31.8 Å². The smallest absolute Gasteiger partial charge is 0.408 e. The number of carbonyl (C=O) groups excluding carboxylic acids is 2. The highest BCUT2D eigenvalue weighted by atomic mass is 16.6. The lowest BCUT2D eigenvalue weighted by atomic mass is 10.1. The number of amides is 2. The minimum absolute atomic E-state index is 0. The van der Waals surface area contributed by atoms with Crippen molar-refractivity contribution in [2.24, 2.45) is 16.6 Å². The van der Waals surface area contributed by atoms with E-state index in [9.17, 15) is 9.59 Å². The van der Waals surface area contributed by atoms with E-state index in [1.165, 1.54) is 0 Å². The number of aryl methyl sites for hydroxylation is 2. The summed E-state index contributed by atoms with van der Waals surface area (Å²) >= 11 is 0. The highest BCUT2D eigenvalue weighted by molar-refractivity contribution is 5.85. The molecule has 214 valence electrons. The van der Waals surface area contributed by atoms with Crippen molar-refractivity contribution >= 4 is 17.8 Å². The highest BCUT2D eigenvalue weighted by Gasteiger charge is 2.25. The molecule has 8 heteroatoms. The number of carbonyl (C=O) groups is 2. The molecule has 0 saturated carbocycles. The fourth-order valence-electron chi connectivity index (χ4n) is 3.37. The first-order valence-electron chi connectivity index (χ1n) is 12.6. The van der Waals surface area contributed by atoms with Crippen molar-refractivity contribution < 1.29 is 19.1 Å². The standard InChI is InChI=1S/C27H46N4O4.2CH4/c1-9-18(2)24(28)29-16-11-10-15-22(31-26(33)35-27(6,7)8)25(32)30-21(5)17-34-23-19(3)13-12-14-20(23)4;;/h12-14,18,21-22H,9-11,15-17H2,1-8H3,(H2,28,29)(H,30,32)(H,31,33);2*1H4/t18-,21?,22?;;/m1../s1. The zero-order chi connectivity index (χ0) is 26.6. The van der Waals surface area contributed by atoms with Gasteiger partial charge in [-0.2, -0.15) is 0 Å². The Morgan fingerprint density at radius 3 is 2.19 bits per heavy atom. The van der Waals surface area contributed by atoms with Crippen LogP contribution in [0.5, 0.6) is 5.75 Å². The van der Waals surface area contributed by atoms with E-state index in [2.05, 4.69) is 29.5 Å². The molecule has 37 heavy (non-hydrogen) atoms. The number of hydrogen-bond donors (Lipinski definition) is 3. The van der Waals surface area contributed by atoms with Crippen molar-refractivity contribution in [3.63, 3.8) is 0 Å². The van der Waals surface area contributed by atoms with Gasteiger partial charge >= 0.3 is 6.09 Å². The van der Waals surface area contributed by atoms with E-state index in [1.807, 2.05) is 39.0 Å². The van der Waals surface area contributed by atoms with E-state index in [-0.39, 0.29) is 32.7 Å². The third-order valence-electron chi connectivity index (χ3n) is 5.60. The summed E-state index contributed by atoms with van der Waals surface area (Å²) in [6.45, 7) is 16.3. The van der Waals surface area contributed by atoms with Crippen molar-refractivity contribution in [3.8, 4) is 5.75 Å². The van der Waals surface area contributed by atoms with E-state index in [1.54, 1.807) is 20.8 Å². The number of nitrogens with one attached hydrogen (secondary N) is 2. The Hall–Kier alpha value is -2.77. The number of nitrogens with zero attached hydrogens (tertiary/aromatic N) is 1. The second-order valence-electron chi connectivity index (χ2n) is 10.3. The van der Waals surface area contributed by atoms with Crippen molar-refractivity contribution in [3.05, 3.63) is 29.3 Å². The molecule has 1 rings (SSSR count). The number of benzene rings is 1. The largest absolute Gasteiger partial charge is 0.491 e. The Labute approximate surface area is 226 Å². The summed E-state index contributed by atoms with van der Waals surface area (Å²) in [4.78, 5) is 29.8. The summed E-state index contributed by atoms with van der Waals surface area (Å²) in [5.41, 5.74) is 7.43. The predicted molar refractivity (Wildman–Crippen MR) is 155 cm³/mol. The first-order chi connectivity index (χ1) is 16.3. The second-order valence-corrected chi connectivity index (χ2v) is 10.3. The molecule has 0 radical (unpaired) electrons. The second kappa shape index (κ2) is 17.6. The molecule has 2 amide bonds. The van der Waals surface area contributed by atoms with Gasteiger partial charge in [-0.1, -0.05) is 46.9 Å². The number of amidine groups is 1. The van der Waals surface area contributed by atoms with Gasteiger partial charge in [0.1, 0.15) is 24.0 Å². The predicted octanol–water partition coefficient (Wildman–Crippen LogP) is 5.93. The molecular weight excluding hydrogens is 468 g/mol. The molecule has 0 aromatic heterocycles. The first-order valence-corrected chi connectivity index (χ1v) is 12.6. The summed E-state index contributed by atoms with van der Waals surface area (Å²) in [5, 5.41) is 5.68. The fourth-order valence-corrected chi connectivity index (χ4v) is 3.37. The maximum atomic E-state index is 13.0. The number of unbranched alkanes of at least 4 members (excludes halogenated alkanes) is 1. The highest BCUT2D eigenvalue weighted by Crippen LogP contribution is 2.22. The quantitative estimate of drug-likeness (QED) is 0.169. The van der Waals surface area contributed by atoms with Gasteiger partial charge in [0.25, 0.3) is 0 Å². The normalized spacial score (nSPS) is 13.8. The van der Waals surface area contributed by atoms with E-state index >= 15 is 0 Å². The Balaban J connectivity index is 0. The van der Waals surface area contributed by atoms with Gasteiger partial charge in [-0.3, -0.25) is 9.79 Å². The van der Waals surface area contributed by atoms with Gasteiger partial charge in [-0.25, -0.2) is 4.79 Å². The number of para-hydroxylation sites is 1. The minimum Gasteiger partial charge on any atom is -0.491 e. The van der Waals surface area contributed by atoms with Crippen LogP contribution in [-0.2, 0) is 9.53 Å². The molecule has 0 spiro atoms. The molecule has 4 N–H and O–H groups in total. The van der Waals surface area contributed by atoms with E-state index < -0.39 is 17.7 Å². The summed E-state index contributed by atoms with van der Waals surface area (Å²) in [5.74, 6) is 1.48. The van der Waals surface area contributed by atoms with Crippen LogP contribution < -0.4 is 21.1 Å². The zero-order valence-electron chi connectivity index (χ0n) is 22.9. The monoisotopic (exact) mass is 522 g/mol. The maximum Gasteiger partial charge on any atom is 0.408 e. The molecule has 0 bridgehead atoms. The van der Waals surface area contributed by atoms with Crippen molar-refractivity contribution in [1.29, 1.82) is 0 Å².